The molecule has 0 spiro atoms. The lowest BCUT2D eigenvalue weighted by Crippen LogP contribution is -2.29. The van der Waals surface area contributed by atoms with Crippen molar-refractivity contribution in [2.24, 2.45) is 11.8 Å². The highest BCUT2D eigenvalue weighted by molar-refractivity contribution is 5.81. The van der Waals surface area contributed by atoms with Crippen molar-refractivity contribution < 1.29 is 13.6 Å². The minimum absolute atomic E-state index is 0.0969. The summed E-state index contributed by atoms with van der Waals surface area (Å²) in [6.45, 7) is 4.26. The molecule has 0 N–H and O–H groups in total. The average molecular weight is 260 g/mol. The SMILES string of the molecule is CCCCC(CC)CC(=O)C1CCC(F)(F)CC1. The molecule has 1 unspecified atom stereocenters. The van der Waals surface area contributed by atoms with Gasteiger partial charge in [0.2, 0.25) is 5.92 Å². The minimum Gasteiger partial charge on any atom is -0.299 e. The number of rotatable bonds is 7. The van der Waals surface area contributed by atoms with Crippen molar-refractivity contribution >= 4 is 5.78 Å². The Hall–Kier alpha value is -0.470. The molecule has 1 rings (SSSR count). The van der Waals surface area contributed by atoms with Crippen LogP contribution >= 0.6 is 0 Å². The van der Waals surface area contributed by atoms with Crippen LogP contribution in [0.15, 0.2) is 0 Å². The molecule has 0 bridgehead atoms. The summed E-state index contributed by atoms with van der Waals surface area (Å²) < 4.78 is 26.1. The van der Waals surface area contributed by atoms with Gasteiger partial charge in [-0.1, -0.05) is 39.5 Å². The van der Waals surface area contributed by atoms with Crippen LogP contribution in [0.4, 0.5) is 8.78 Å². The van der Waals surface area contributed by atoms with Crippen molar-refractivity contribution in [1.29, 1.82) is 0 Å². The van der Waals surface area contributed by atoms with E-state index in [1.54, 1.807) is 0 Å². The van der Waals surface area contributed by atoms with E-state index in [2.05, 4.69) is 13.8 Å². The maximum Gasteiger partial charge on any atom is 0.248 e. The molecule has 0 saturated heterocycles. The molecule has 1 nitrogen and oxygen atoms in total. The Bertz CT molecular complexity index is 253. The fourth-order valence-corrected chi connectivity index (χ4v) is 2.76. The standard InChI is InChI=1S/C15H26F2O/c1-3-5-6-12(4-2)11-14(18)13-7-9-15(16,17)10-8-13/h12-13H,3-11H2,1-2H3. The lowest BCUT2D eigenvalue weighted by atomic mass is 9.80. The second-order valence-electron chi connectivity index (χ2n) is 5.72. The molecule has 3 heteroatoms. The molecular weight excluding hydrogens is 234 g/mol. The first-order valence-electron chi connectivity index (χ1n) is 7.39. The smallest absolute Gasteiger partial charge is 0.248 e. The molecule has 1 atom stereocenters. The summed E-state index contributed by atoms with van der Waals surface area (Å²) in [5, 5.41) is 0. The van der Waals surface area contributed by atoms with Gasteiger partial charge < -0.3 is 0 Å². The lowest BCUT2D eigenvalue weighted by Gasteiger charge is -2.28. The molecule has 0 radical (unpaired) electrons. The van der Waals surface area contributed by atoms with Crippen LogP contribution in [0.5, 0.6) is 0 Å². The second kappa shape index (κ2) is 7.20. The molecular formula is C15H26F2O. The van der Waals surface area contributed by atoms with E-state index in [9.17, 15) is 13.6 Å². The van der Waals surface area contributed by atoms with Gasteiger partial charge in [-0.15, -0.1) is 0 Å². The van der Waals surface area contributed by atoms with Crippen LogP contribution in [-0.4, -0.2) is 11.7 Å². The van der Waals surface area contributed by atoms with Crippen molar-refractivity contribution in [1.82, 2.24) is 0 Å². The Labute approximate surface area is 109 Å². The van der Waals surface area contributed by atoms with Gasteiger partial charge in [0, 0.05) is 25.2 Å². The Morgan fingerprint density at radius 3 is 2.39 bits per heavy atom. The van der Waals surface area contributed by atoms with Crippen molar-refractivity contribution in [3.8, 4) is 0 Å². The zero-order valence-electron chi connectivity index (χ0n) is 11.7. The van der Waals surface area contributed by atoms with Gasteiger partial charge in [-0.2, -0.15) is 0 Å². The maximum absolute atomic E-state index is 13.0. The first-order valence-corrected chi connectivity index (χ1v) is 7.39. The third-order valence-corrected chi connectivity index (χ3v) is 4.21. The zero-order chi connectivity index (χ0) is 13.6. The summed E-state index contributed by atoms with van der Waals surface area (Å²) in [6.07, 6.45) is 5.61. The van der Waals surface area contributed by atoms with Gasteiger partial charge >= 0.3 is 0 Å². The fourth-order valence-electron chi connectivity index (χ4n) is 2.76. The van der Waals surface area contributed by atoms with Gasteiger partial charge in [0.25, 0.3) is 0 Å². The molecule has 1 fully saturated rings. The van der Waals surface area contributed by atoms with E-state index in [1.165, 1.54) is 0 Å². The van der Waals surface area contributed by atoms with Gasteiger partial charge in [0.1, 0.15) is 5.78 Å². The summed E-state index contributed by atoms with van der Waals surface area (Å²) in [5.74, 6) is -1.93. The first kappa shape index (κ1) is 15.6. The van der Waals surface area contributed by atoms with Crippen molar-refractivity contribution in [2.45, 2.75) is 77.6 Å². The third kappa shape index (κ3) is 5.03. The number of hydrogen-bond donors (Lipinski definition) is 0. The van der Waals surface area contributed by atoms with Crippen LogP contribution < -0.4 is 0 Å². The Balaban J connectivity index is 2.36. The van der Waals surface area contributed by atoms with Crippen LogP contribution in [0.1, 0.15) is 71.6 Å². The summed E-state index contributed by atoms with van der Waals surface area (Å²) in [7, 11) is 0. The summed E-state index contributed by atoms with van der Waals surface area (Å²) in [6, 6.07) is 0. The molecule has 0 aliphatic heterocycles. The highest BCUT2D eigenvalue weighted by Gasteiger charge is 2.37. The zero-order valence-corrected chi connectivity index (χ0v) is 11.7. The van der Waals surface area contributed by atoms with E-state index in [1.807, 2.05) is 0 Å². The first-order chi connectivity index (χ1) is 8.48. The fraction of sp³-hybridized carbons (Fsp3) is 0.933. The molecule has 1 saturated carbocycles. The number of ketones is 1. The van der Waals surface area contributed by atoms with Crippen LogP contribution in [-0.2, 0) is 4.79 Å². The molecule has 1 aliphatic carbocycles. The van der Waals surface area contributed by atoms with Crippen molar-refractivity contribution in [3.05, 3.63) is 0 Å². The second-order valence-corrected chi connectivity index (χ2v) is 5.72. The number of carbonyl (C=O) groups is 1. The van der Waals surface area contributed by atoms with Gasteiger partial charge in [-0.3, -0.25) is 4.79 Å². The van der Waals surface area contributed by atoms with Gasteiger partial charge in [0.05, 0.1) is 0 Å². The molecule has 1 aliphatic rings. The molecule has 0 heterocycles. The van der Waals surface area contributed by atoms with Gasteiger partial charge in [0.15, 0.2) is 0 Å². The number of halogens is 2. The van der Waals surface area contributed by atoms with Crippen LogP contribution in [0.3, 0.4) is 0 Å². The van der Waals surface area contributed by atoms with E-state index in [0.717, 1.165) is 25.7 Å². The van der Waals surface area contributed by atoms with E-state index in [-0.39, 0.29) is 24.5 Å². The van der Waals surface area contributed by atoms with E-state index < -0.39 is 5.92 Å². The van der Waals surface area contributed by atoms with Crippen LogP contribution in [0.2, 0.25) is 0 Å². The number of hydrogen-bond acceptors (Lipinski definition) is 1. The van der Waals surface area contributed by atoms with Gasteiger partial charge in [-0.05, 0) is 18.8 Å². The van der Waals surface area contributed by atoms with Crippen molar-refractivity contribution in [3.63, 3.8) is 0 Å². The largest absolute Gasteiger partial charge is 0.299 e. The summed E-state index contributed by atoms with van der Waals surface area (Å²) >= 11 is 0. The van der Waals surface area contributed by atoms with E-state index in [0.29, 0.717) is 25.2 Å². The number of alkyl halides is 2. The molecule has 0 aromatic carbocycles. The number of Topliss-reactive ketones (excluding diaryl/α,β-unsaturated/α-hetero) is 1. The molecule has 18 heavy (non-hydrogen) atoms. The van der Waals surface area contributed by atoms with E-state index in [4.69, 9.17) is 0 Å². The molecule has 106 valence electrons. The van der Waals surface area contributed by atoms with Crippen LogP contribution in [0, 0.1) is 11.8 Å². The van der Waals surface area contributed by atoms with Crippen LogP contribution in [0.25, 0.3) is 0 Å². The number of carbonyl (C=O) groups excluding carboxylic acids is 1. The molecule has 0 aromatic heterocycles. The normalized spacial score (nSPS) is 21.8. The Morgan fingerprint density at radius 1 is 1.28 bits per heavy atom. The minimum atomic E-state index is -2.52. The Morgan fingerprint density at radius 2 is 1.89 bits per heavy atom. The highest BCUT2D eigenvalue weighted by Crippen LogP contribution is 2.37. The Kier molecular flexibility index (Phi) is 6.24. The van der Waals surface area contributed by atoms with Gasteiger partial charge in [-0.25, -0.2) is 8.78 Å². The monoisotopic (exact) mass is 260 g/mol. The van der Waals surface area contributed by atoms with Crippen molar-refractivity contribution in [2.75, 3.05) is 0 Å². The number of unbranched alkanes of at least 4 members (excludes halogenated alkanes) is 1. The molecule has 0 aromatic rings. The highest BCUT2D eigenvalue weighted by atomic mass is 19.3. The third-order valence-electron chi connectivity index (χ3n) is 4.21. The van der Waals surface area contributed by atoms with E-state index >= 15 is 0 Å². The predicted octanol–water partition coefficient (Wildman–Crippen LogP) is 4.99. The topological polar surface area (TPSA) is 17.1 Å². The molecule has 0 amide bonds. The average Bonchev–Trinajstić information content (AvgIpc) is 2.34. The predicted molar refractivity (Wildman–Crippen MR) is 69.8 cm³/mol. The maximum atomic E-state index is 13.0. The summed E-state index contributed by atoms with van der Waals surface area (Å²) in [5.41, 5.74) is 0. The quantitative estimate of drug-likeness (QED) is 0.630. The summed E-state index contributed by atoms with van der Waals surface area (Å²) in [4.78, 5) is 12.1. The lowest BCUT2D eigenvalue weighted by molar-refractivity contribution is -0.128.